The topological polar surface area (TPSA) is 54.5 Å². The van der Waals surface area contributed by atoms with Crippen LogP contribution >= 0.6 is 12.4 Å². The van der Waals surface area contributed by atoms with Crippen LogP contribution in [-0.4, -0.2) is 60.4 Å². The molecule has 1 aliphatic rings. The van der Waals surface area contributed by atoms with E-state index in [0.717, 1.165) is 0 Å². The molecule has 5 nitrogen and oxygen atoms in total. The van der Waals surface area contributed by atoms with E-state index in [2.05, 4.69) is 15.0 Å². The lowest BCUT2D eigenvalue weighted by Gasteiger charge is -2.33. The Hall–Kier alpha value is -1.61. The van der Waals surface area contributed by atoms with Gasteiger partial charge in [-0.05, 0) is 13.0 Å². The lowest BCUT2D eigenvalue weighted by molar-refractivity contribution is -0.148. The number of carbonyl (C=O) groups excluding carboxylic acids is 1. The van der Waals surface area contributed by atoms with Crippen molar-refractivity contribution in [3.63, 3.8) is 0 Å². The summed E-state index contributed by atoms with van der Waals surface area (Å²) in [7, 11) is 0. The van der Waals surface area contributed by atoms with E-state index < -0.39 is 19.0 Å². The molecule has 2 heterocycles. The lowest BCUT2D eigenvalue weighted by Crippen LogP contribution is -2.52. The van der Waals surface area contributed by atoms with Gasteiger partial charge in [0.1, 0.15) is 0 Å². The third-order valence-electron chi connectivity index (χ3n) is 3.48. The van der Waals surface area contributed by atoms with Gasteiger partial charge in [-0.25, -0.2) is 13.8 Å². The number of ether oxygens (including phenoxy) is 1. The molecule has 136 valence electrons. The molecular weight excluding hydrogens is 354 g/mol. The van der Waals surface area contributed by atoms with Crippen LogP contribution in [0.4, 0.5) is 17.6 Å². The van der Waals surface area contributed by atoms with E-state index in [1.807, 2.05) is 6.92 Å². The van der Waals surface area contributed by atoms with Gasteiger partial charge < -0.3 is 15.0 Å². The third-order valence-corrected chi connectivity index (χ3v) is 3.48. The fourth-order valence-electron chi connectivity index (χ4n) is 2.13. The number of amides is 1. The van der Waals surface area contributed by atoms with Gasteiger partial charge in [0.05, 0.1) is 5.56 Å². The second-order valence-corrected chi connectivity index (χ2v) is 5.29. The molecule has 1 fully saturated rings. The average Bonchev–Trinajstić information content (AvgIpc) is 2.53. The fraction of sp³-hybridized carbons (Fsp3) is 0.571. The molecule has 1 atom stereocenters. The summed E-state index contributed by atoms with van der Waals surface area (Å²) in [4.78, 5) is 17.7. The quantitative estimate of drug-likeness (QED) is 0.806. The van der Waals surface area contributed by atoms with Crippen molar-refractivity contribution < 1.29 is 27.1 Å². The van der Waals surface area contributed by atoms with Crippen molar-refractivity contribution in [2.45, 2.75) is 25.3 Å². The minimum atomic E-state index is -4.24. The summed E-state index contributed by atoms with van der Waals surface area (Å²) in [5.74, 6) is -4.71. The van der Waals surface area contributed by atoms with Gasteiger partial charge in [0.2, 0.25) is 5.88 Å². The fourth-order valence-corrected chi connectivity index (χ4v) is 2.13. The summed E-state index contributed by atoms with van der Waals surface area (Å²) in [6.07, 6.45) is -2.62. The SMILES string of the molecule is CC1CNCCN1C(=O)c1ccc(OCC(F)(F)C(F)F)nc1.Cl. The summed E-state index contributed by atoms with van der Waals surface area (Å²) >= 11 is 0. The molecule has 10 heteroatoms. The number of aromatic nitrogens is 1. The molecule has 24 heavy (non-hydrogen) atoms. The highest BCUT2D eigenvalue weighted by molar-refractivity contribution is 5.94. The van der Waals surface area contributed by atoms with Gasteiger partial charge in [-0.15, -0.1) is 12.4 Å². The van der Waals surface area contributed by atoms with Crippen molar-refractivity contribution in [1.29, 1.82) is 0 Å². The highest BCUT2D eigenvalue weighted by atomic mass is 35.5. The molecule has 0 bridgehead atoms. The zero-order chi connectivity index (χ0) is 17.0. The number of alkyl halides is 4. The molecule has 1 aromatic rings. The minimum absolute atomic E-state index is 0. The van der Waals surface area contributed by atoms with E-state index in [0.29, 0.717) is 19.6 Å². The number of carbonyl (C=O) groups is 1. The molecule has 0 saturated carbocycles. The second kappa shape index (κ2) is 8.48. The van der Waals surface area contributed by atoms with Gasteiger partial charge in [0, 0.05) is 37.9 Å². The maximum Gasteiger partial charge on any atom is 0.340 e. The van der Waals surface area contributed by atoms with Crippen molar-refractivity contribution in [3.8, 4) is 5.88 Å². The van der Waals surface area contributed by atoms with Crippen LogP contribution in [-0.2, 0) is 0 Å². The first-order chi connectivity index (χ1) is 10.8. The van der Waals surface area contributed by atoms with Crippen LogP contribution in [0.5, 0.6) is 5.88 Å². The van der Waals surface area contributed by atoms with E-state index >= 15 is 0 Å². The molecule has 1 saturated heterocycles. The molecule has 1 N–H and O–H groups in total. The largest absolute Gasteiger partial charge is 0.471 e. The number of nitrogens with one attached hydrogen (secondary N) is 1. The Morgan fingerprint density at radius 1 is 1.50 bits per heavy atom. The highest BCUT2D eigenvalue weighted by Crippen LogP contribution is 2.23. The lowest BCUT2D eigenvalue weighted by atomic mass is 10.1. The zero-order valence-electron chi connectivity index (χ0n) is 12.8. The van der Waals surface area contributed by atoms with E-state index in [9.17, 15) is 22.4 Å². The number of hydrogen-bond donors (Lipinski definition) is 1. The Morgan fingerprint density at radius 3 is 2.75 bits per heavy atom. The van der Waals surface area contributed by atoms with Crippen molar-refractivity contribution in [2.75, 3.05) is 26.2 Å². The third kappa shape index (κ3) is 4.94. The predicted molar refractivity (Wildman–Crippen MR) is 81.3 cm³/mol. The van der Waals surface area contributed by atoms with Gasteiger partial charge in [-0.1, -0.05) is 0 Å². The van der Waals surface area contributed by atoms with Crippen LogP contribution < -0.4 is 10.1 Å². The number of piperazine rings is 1. The van der Waals surface area contributed by atoms with Gasteiger partial charge in [-0.2, -0.15) is 8.78 Å². The zero-order valence-corrected chi connectivity index (χ0v) is 13.7. The normalized spacial score (nSPS) is 18.2. The van der Waals surface area contributed by atoms with Gasteiger partial charge in [0.15, 0.2) is 6.61 Å². The van der Waals surface area contributed by atoms with Crippen molar-refractivity contribution in [2.24, 2.45) is 0 Å². The number of halogens is 5. The number of hydrogen-bond acceptors (Lipinski definition) is 4. The van der Waals surface area contributed by atoms with Gasteiger partial charge >= 0.3 is 12.3 Å². The number of nitrogens with zero attached hydrogens (tertiary/aromatic N) is 2. The summed E-state index contributed by atoms with van der Waals surface area (Å²) in [5, 5.41) is 3.16. The molecule has 1 aromatic heterocycles. The van der Waals surface area contributed by atoms with Crippen LogP contribution in [0.25, 0.3) is 0 Å². The van der Waals surface area contributed by atoms with Crippen LogP contribution in [0.15, 0.2) is 18.3 Å². The van der Waals surface area contributed by atoms with Crippen molar-refractivity contribution in [3.05, 3.63) is 23.9 Å². The first-order valence-corrected chi connectivity index (χ1v) is 7.08. The molecule has 0 spiro atoms. The summed E-state index contributed by atoms with van der Waals surface area (Å²) < 4.78 is 54.1. The number of rotatable bonds is 5. The van der Waals surface area contributed by atoms with Crippen LogP contribution in [0, 0.1) is 0 Å². The summed E-state index contributed by atoms with van der Waals surface area (Å²) in [6, 6.07) is 2.61. The monoisotopic (exact) mass is 371 g/mol. The minimum Gasteiger partial charge on any atom is -0.471 e. The highest BCUT2D eigenvalue weighted by Gasteiger charge is 2.41. The Kier molecular flexibility index (Phi) is 7.22. The van der Waals surface area contributed by atoms with Crippen molar-refractivity contribution >= 4 is 18.3 Å². The smallest absolute Gasteiger partial charge is 0.340 e. The molecular formula is C14H18ClF4N3O2. The standard InChI is InChI=1S/C14H17F4N3O2.ClH/c1-9-6-19-4-5-21(9)12(22)10-2-3-11(20-7-10)23-8-14(17,18)13(15)16;/h2-3,7,9,13,19H,4-6,8H2,1H3;1H. The second-order valence-electron chi connectivity index (χ2n) is 5.29. The summed E-state index contributed by atoms with van der Waals surface area (Å²) in [5.41, 5.74) is 0.284. The molecule has 0 aliphatic carbocycles. The average molecular weight is 372 g/mol. The Bertz CT molecular complexity index is 545. The number of pyridine rings is 1. The molecule has 1 aliphatic heterocycles. The summed E-state index contributed by atoms with van der Waals surface area (Å²) in [6.45, 7) is 2.36. The molecule has 2 rings (SSSR count). The molecule has 0 radical (unpaired) electrons. The Labute approximate surface area is 142 Å². The van der Waals surface area contributed by atoms with Gasteiger partial charge in [-0.3, -0.25) is 4.79 Å². The van der Waals surface area contributed by atoms with E-state index in [1.165, 1.54) is 18.3 Å². The predicted octanol–water partition coefficient (Wildman–Crippen LogP) is 2.22. The molecule has 0 aromatic carbocycles. The van der Waals surface area contributed by atoms with Crippen molar-refractivity contribution in [1.82, 2.24) is 15.2 Å². The van der Waals surface area contributed by atoms with Crippen LogP contribution in [0.3, 0.4) is 0 Å². The maximum atomic E-state index is 12.8. The van der Waals surface area contributed by atoms with E-state index in [4.69, 9.17) is 0 Å². The van der Waals surface area contributed by atoms with Crippen LogP contribution in [0.2, 0.25) is 0 Å². The van der Waals surface area contributed by atoms with Crippen LogP contribution in [0.1, 0.15) is 17.3 Å². The first-order valence-electron chi connectivity index (χ1n) is 7.08. The molecule has 1 unspecified atom stereocenters. The maximum absolute atomic E-state index is 12.8. The van der Waals surface area contributed by atoms with Gasteiger partial charge in [0.25, 0.3) is 5.91 Å². The molecule has 1 amide bonds. The Balaban J connectivity index is 0.00000288. The first kappa shape index (κ1) is 20.4. The van der Waals surface area contributed by atoms with E-state index in [-0.39, 0.29) is 35.8 Å². The Morgan fingerprint density at radius 2 is 2.21 bits per heavy atom. The van der Waals surface area contributed by atoms with E-state index in [1.54, 1.807) is 4.90 Å².